The number of carbonyl (C=O) groups is 1. The molecule has 0 spiro atoms. The Morgan fingerprint density at radius 2 is 1.75 bits per heavy atom. The number of fused-ring (bicyclic) bond motifs is 1. The number of hydrogen-bond acceptors (Lipinski definition) is 3. The Bertz CT molecular complexity index is 1010. The first-order valence-electron chi connectivity index (χ1n) is 9.20. The second-order valence-corrected chi connectivity index (χ2v) is 6.64. The fraction of sp³-hybridized carbons (Fsp3) is 0.174. The molecule has 0 fully saturated rings. The van der Waals surface area contributed by atoms with E-state index in [4.69, 9.17) is 9.47 Å². The van der Waals surface area contributed by atoms with Gasteiger partial charge in [-0.1, -0.05) is 36.4 Å². The Kier molecular flexibility index (Phi) is 5.15. The minimum Gasteiger partial charge on any atom is -0.489 e. The summed E-state index contributed by atoms with van der Waals surface area (Å²) in [5.74, 6) is 0.487. The fourth-order valence-corrected chi connectivity index (χ4v) is 3.37. The minimum absolute atomic E-state index is 0.306. The average Bonchev–Trinajstić information content (AvgIpc) is 3.11. The molecule has 0 saturated heterocycles. The summed E-state index contributed by atoms with van der Waals surface area (Å²) in [4.78, 5) is 12.3. The van der Waals surface area contributed by atoms with Crippen LogP contribution in [0.15, 0.2) is 79.1 Å². The third-order valence-corrected chi connectivity index (χ3v) is 4.78. The van der Waals surface area contributed by atoms with Crippen molar-refractivity contribution >= 4 is 17.4 Å². The number of carbonyl (C=O) groups excluding carboxylic acids is 1. The van der Waals surface area contributed by atoms with Crippen molar-refractivity contribution in [2.75, 3.05) is 7.11 Å². The molecule has 0 aliphatic carbocycles. The molecule has 0 amide bonds. The SMILES string of the molecule is COC(=O)C1=[N+](C[n+]2ccccc2)c2ccc(OCc3ccccc3)cc2C1. The molecule has 1 aromatic heterocycles. The van der Waals surface area contributed by atoms with Gasteiger partial charge in [0.15, 0.2) is 12.4 Å². The van der Waals surface area contributed by atoms with E-state index < -0.39 is 0 Å². The Morgan fingerprint density at radius 1 is 1.00 bits per heavy atom. The van der Waals surface area contributed by atoms with E-state index in [1.54, 1.807) is 0 Å². The molecular formula is C23H22N2O3+2. The lowest BCUT2D eigenvalue weighted by molar-refractivity contribution is -0.826. The smallest absolute Gasteiger partial charge is 0.399 e. The number of hydrogen-bond donors (Lipinski definition) is 0. The normalized spacial score (nSPS) is 12.6. The summed E-state index contributed by atoms with van der Waals surface area (Å²) in [5, 5.41) is 0. The van der Waals surface area contributed by atoms with Crippen molar-refractivity contribution in [1.29, 1.82) is 0 Å². The molecule has 0 bridgehead atoms. The first kappa shape index (κ1) is 17.9. The second kappa shape index (κ2) is 8.05. The molecule has 5 nitrogen and oxygen atoms in total. The van der Waals surface area contributed by atoms with Crippen molar-refractivity contribution in [3.63, 3.8) is 0 Å². The van der Waals surface area contributed by atoms with Gasteiger partial charge in [0.25, 0.3) is 5.71 Å². The molecule has 5 heteroatoms. The van der Waals surface area contributed by atoms with Crippen molar-refractivity contribution < 1.29 is 23.4 Å². The monoisotopic (exact) mass is 374 g/mol. The highest BCUT2D eigenvalue weighted by Gasteiger charge is 2.37. The minimum atomic E-state index is -0.306. The number of ether oxygens (including phenoxy) is 2. The molecule has 0 unspecified atom stereocenters. The number of rotatable bonds is 6. The van der Waals surface area contributed by atoms with Crippen molar-refractivity contribution in [2.45, 2.75) is 19.7 Å². The van der Waals surface area contributed by atoms with Crippen LogP contribution in [0.3, 0.4) is 0 Å². The lowest BCUT2D eigenvalue weighted by Crippen LogP contribution is -2.40. The van der Waals surface area contributed by atoms with Crippen LogP contribution < -0.4 is 9.30 Å². The molecule has 4 rings (SSSR count). The van der Waals surface area contributed by atoms with E-state index in [-0.39, 0.29) is 5.97 Å². The van der Waals surface area contributed by atoms with Gasteiger partial charge in [-0.3, -0.25) is 0 Å². The number of methoxy groups -OCH3 is 1. The van der Waals surface area contributed by atoms with Gasteiger partial charge in [0.05, 0.1) is 13.5 Å². The van der Waals surface area contributed by atoms with Gasteiger partial charge < -0.3 is 9.47 Å². The van der Waals surface area contributed by atoms with Crippen LogP contribution in [0.1, 0.15) is 11.1 Å². The summed E-state index contributed by atoms with van der Waals surface area (Å²) in [6.45, 7) is 1.05. The van der Waals surface area contributed by atoms with E-state index in [9.17, 15) is 4.79 Å². The number of benzene rings is 2. The van der Waals surface area contributed by atoms with E-state index in [1.807, 2.05) is 88.3 Å². The Labute approximate surface area is 164 Å². The maximum atomic E-state index is 12.3. The van der Waals surface area contributed by atoms with Crippen LogP contribution in [-0.2, 0) is 29.2 Å². The molecule has 1 aliphatic heterocycles. The van der Waals surface area contributed by atoms with Gasteiger partial charge in [-0.15, -0.1) is 9.14 Å². The van der Waals surface area contributed by atoms with Crippen LogP contribution in [-0.4, -0.2) is 23.4 Å². The standard InChI is InChI=1S/C23H22N2O3/c1-27-23(26)22-15-19-14-20(28-16-18-8-4-2-5-9-18)10-11-21(19)25(22)17-24-12-6-3-7-13-24/h2-14H,15-17H2,1H3/q+2. The largest absolute Gasteiger partial charge is 0.489 e. The molecule has 0 saturated carbocycles. The highest BCUT2D eigenvalue weighted by atomic mass is 16.5. The summed E-state index contributed by atoms with van der Waals surface area (Å²) >= 11 is 0. The molecule has 2 heterocycles. The van der Waals surface area contributed by atoms with E-state index in [1.165, 1.54) is 7.11 Å². The van der Waals surface area contributed by atoms with Crippen LogP contribution in [0.5, 0.6) is 5.75 Å². The second-order valence-electron chi connectivity index (χ2n) is 6.64. The number of esters is 1. The maximum absolute atomic E-state index is 12.3. The average molecular weight is 374 g/mol. The van der Waals surface area contributed by atoms with Crippen LogP contribution in [0.2, 0.25) is 0 Å². The van der Waals surface area contributed by atoms with Crippen LogP contribution in [0.25, 0.3) is 0 Å². The molecule has 140 valence electrons. The highest BCUT2D eigenvalue weighted by Crippen LogP contribution is 2.30. The number of pyridine rings is 1. The van der Waals surface area contributed by atoms with E-state index in [0.29, 0.717) is 25.4 Å². The van der Waals surface area contributed by atoms with Gasteiger partial charge in [-0.25, -0.2) is 4.79 Å². The molecule has 0 atom stereocenters. The van der Waals surface area contributed by atoms with Gasteiger partial charge in [0.2, 0.25) is 5.69 Å². The van der Waals surface area contributed by atoms with E-state index >= 15 is 0 Å². The van der Waals surface area contributed by atoms with Crippen molar-refractivity contribution in [3.8, 4) is 5.75 Å². The summed E-state index contributed by atoms with van der Waals surface area (Å²) < 4.78 is 15.0. The zero-order valence-corrected chi connectivity index (χ0v) is 15.7. The molecular weight excluding hydrogens is 352 g/mol. The highest BCUT2D eigenvalue weighted by molar-refractivity contribution is 6.35. The topological polar surface area (TPSA) is 42.4 Å². The molecule has 1 aliphatic rings. The molecule has 28 heavy (non-hydrogen) atoms. The van der Waals surface area contributed by atoms with E-state index in [2.05, 4.69) is 0 Å². The first-order chi connectivity index (χ1) is 13.7. The fourth-order valence-electron chi connectivity index (χ4n) is 3.37. The first-order valence-corrected chi connectivity index (χ1v) is 9.20. The Morgan fingerprint density at radius 3 is 2.50 bits per heavy atom. The van der Waals surface area contributed by atoms with Crippen LogP contribution in [0.4, 0.5) is 5.69 Å². The predicted molar refractivity (Wildman–Crippen MR) is 105 cm³/mol. The van der Waals surface area contributed by atoms with Crippen molar-refractivity contribution in [2.24, 2.45) is 0 Å². The third kappa shape index (κ3) is 3.78. The summed E-state index contributed by atoms with van der Waals surface area (Å²) in [5.41, 5.74) is 3.81. The zero-order chi connectivity index (χ0) is 19.3. The lowest BCUT2D eigenvalue weighted by atomic mass is 10.1. The van der Waals surface area contributed by atoms with Gasteiger partial charge >= 0.3 is 12.6 Å². The van der Waals surface area contributed by atoms with Gasteiger partial charge in [0.1, 0.15) is 12.4 Å². The van der Waals surface area contributed by atoms with Gasteiger partial charge in [-0.05, 0) is 17.7 Å². The third-order valence-electron chi connectivity index (χ3n) is 4.78. The van der Waals surface area contributed by atoms with Crippen LogP contribution in [0, 0.1) is 0 Å². The lowest BCUT2D eigenvalue weighted by Gasteiger charge is -2.07. The van der Waals surface area contributed by atoms with Gasteiger partial charge in [-0.2, -0.15) is 0 Å². The molecule has 3 aromatic rings. The summed E-state index contributed by atoms with van der Waals surface area (Å²) in [7, 11) is 1.42. The van der Waals surface area contributed by atoms with Crippen molar-refractivity contribution in [1.82, 2.24) is 0 Å². The molecule has 2 aromatic carbocycles. The zero-order valence-electron chi connectivity index (χ0n) is 15.7. The quantitative estimate of drug-likeness (QED) is 0.492. The van der Waals surface area contributed by atoms with Crippen LogP contribution >= 0.6 is 0 Å². The summed E-state index contributed by atoms with van der Waals surface area (Å²) in [6.07, 6.45) is 4.48. The van der Waals surface area contributed by atoms with Crippen molar-refractivity contribution in [3.05, 3.63) is 90.3 Å². The summed E-state index contributed by atoms with van der Waals surface area (Å²) in [6, 6.07) is 21.9. The Balaban J connectivity index is 1.58. The van der Waals surface area contributed by atoms with E-state index in [0.717, 1.165) is 22.6 Å². The van der Waals surface area contributed by atoms with Gasteiger partial charge in [0, 0.05) is 23.8 Å². The predicted octanol–water partition coefficient (Wildman–Crippen LogP) is 3.02. The molecule has 0 N–H and O–H groups in total. The molecule has 0 radical (unpaired) electrons. The number of aromatic nitrogens is 1. The Hall–Kier alpha value is -3.47. The number of nitrogens with zero attached hydrogens (tertiary/aromatic N) is 2. The maximum Gasteiger partial charge on any atom is 0.399 e.